The van der Waals surface area contributed by atoms with Crippen molar-refractivity contribution in [1.29, 1.82) is 0 Å². The van der Waals surface area contributed by atoms with Crippen LogP contribution in [0.3, 0.4) is 0 Å². The normalized spacial score (nSPS) is 10.1. The molecule has 2 N–H and O–H groups in total. The number of carbonyl (C=O) groups is 2. The van der Waals surface area contributed by atoms with Gasteiger partial charge >= 0.3 is 5.91 Å². The Morgan fingerprint density at radius 2 is 1.95 bits per heavy atom. The number of hydrogen-bond acceptors (Lipinski definition) is 4. The van der Waals surface area contributed by atoms with E-state index in [4.69, 9.17) is 4.42 Å². The minimum absolute atomic E-state index is 0.155. The van der Waals surface area contributed by atoms with E-state index in [9.17, 15) is 9.59 Å². The van der Waals surface area contributed by atoms with Crippen LogP contribution in [0, 0.1) is 6.92 Å². The summed E-state index contributed by atoms with van der Waals surface area (Å²) in [6.07, 6.45) is 1.40. The van der Waals surface area contributed by atoms with Crippen LogP contribution in [0.25, 0.3) is 0 Å². The van der Waals surface area contributed by atoms with Crippen molar-refractivity contribution in [2.75, 3.05) is 5.75 Å². The summed E-state index contributed by atoms with van der Waals surface area (Å²) < 4.78 is 4.91. The van der Waals surface area contributed by atoms with E-state index >= 15 is 0 Å². The molecule has 0 bridgehead atoms. The van der Waals surface area contributed by atoms with Gasteiger partial charge in [-0.2, -0.15) is 0 Å². The standard InChI is InChI=1S/C15H16N2O3S/c1-11-5-2-3-6-12(11)9-21-10-14(18)16-17-15(19)13-7-4-8-20-13/h2-8H,9-10H2,1H3,(H,16,18)(H,17,19). The fourth-order valence-electron chi connectivity index (χ4n) is 1.66. The van der Waals surface area contributed by atoms with E-state index in [1.54, 1.807) is 6.07 Å². The molecule has 1 aromatic heterocycles. The lowest BCUT2D eigenvalue weighted by Crippen LogP contribution is -2.42. The van der Waals surface area contributed by atoms with Crippen LogP contribution in [0.2, 0.25) is 0 Å². The van der Waals surface area contributed by atoms with Crippen molar-refractivity contribution in [3.05, 3.63) is 59.5 Å². The van der Waals surface area contributed by atoms with Gasteiger partial charge in [0.15, 0.2) is 5.76 Å². The molecule has 2 amide bonds. The number of rotatable bonds is 5. The highest BCUT2D eigenvalue weighted by Gasteiger charge is 2.09. The summed E-state index contributed by atoms with van der Waals surface area (Å²) in [5.41, 5.74) is 7.06. The first-order valence-corrected chi connectivity index (χ1v) is 7.57. The molecule has 0 aliphatic heterocycles. The molecular weight excluding hydrogens is 288 g/mol. The third-order valence-corrected chi connectivity index (χ3v) is 3.79. The van der Waals surface area contributed by atoms with Crippen LogP contribution in [-0.2, 0) is 10.5 Å². The number of aryl methyl sites for hydroxylation is 1. The minimum Gasteiger partial charge on any atom is -0.459 e. The van der Waals surface area contributed by atoms with E-state index in [1.165, 1.54) is 35.2 Å². The molecule has 0 aliphatic carbocycles. The minimum atomic E-state index is -0.475. The van der Waals surface area contributed by atoms with Gasteiger partial charge < -0.3 is 4.42 Å². The Kier molecular flexibility index (Phi) is 5.45. The zero-order chi connectivity index (χ0) is 15.1. The van der Waals surface area contributed by atoms with Crippen LogP contribution in [0.5, 0.6) is 0 Å². The van der Waals surface area contributed by atoms with E-state index in [0.29, 0.717) is 0 Å². The molecule has 0 fully saturated rings. The van der Waals surface area contributed by atoms with Gasteiger partial charge in [0, 0.05) is 5.75 Å². The topological polar surface area (TPSA) is 71.3 Å². The maximum absolute atomic E-state index is 11.6. The zero-order valence-electron chi connectivity index (χ0n) is 11.6. The molecule has 0 saturated heterocycles. The smallest absolute Gasteiger partial charge is 0.305 e. The number of carbonyl (C=O) groups excluding carboxylic acids is 2. The molecule has 0 spiro atoms. The zero-order valence-corrected chi connectivity index (χ0v) is 12.4. The van der Waals surface area contributed by atoms with Crippen LogP contribution in [0.4, 0.5) is 0 Å². The van der Waals surface area contributed by atoms with Gasteiger partial charge in [-0.3, -0.25) is 20.4 Å². The van der Waals surface area contributed by atoms with E-state index in [-0.39, 0.29) is 17.4 Å². The van der Waals surface area contributed by atoms with Crippen LogP contribution in [-0.4, -0.2) is 17.6 Å². The highest BCUT2D eigenvalue weighted by molar-refractivity contribution is 7.99. The molecule has 0 atom stereocenters. The van der Waals surface area contributed by atoms with Gasteiger partial charge in [-0.05, 0) is 30.2 Å². The molecule has 21 heavy (non-hydrogen) atoms. The van der Waals surface area contributed by atoms with E-state index in [0.717, 1.165) is 5.75 Å². The van der Waals surface area contributed by atoms with Crippen LogP contribution >= 0.6 is 11.8 Å². The highest BCUT2D eigenvalue weighted by atomic mass is 32.2. The number of nitrogens with one attached hydrogen (secondary N) is 2. The van der Waals surface area contributed by atoms with Gasteiger partial charge in [0.05, 0.1) is 12.0 Å². The van der Waals surface area contributed by atoms with Crippen molar-refractivity contribution in [3.8, 4) is 0 Å². The van der Waals surface area contributed by atoms with Crippen molar-refractivity contribution >= 4 is 23.6 Å². The summed E-state index contributed by atoms with van der Waals surface area (Å²) >= 11 is 1.49. The molecule has 0 aliphatic rings. The molecule has 0 unspecified atom stereocenters. The predicted octanol–water partition coefficient (Wildman–Crippen LogP) is 2.28. The third-order valence-electron chi connectivity index (χ3n) is 2.81. The summed E-state index contributed by atoms with van der Waals surface area (Å²) in [7, 11) is 0. The summed E-state index contributed by atoms with van der Waals surface area (Å²) in [5, 5.41) is 0. The van der Waals surface area contributed by atoms with E-state index in [2.05, 4.69) is 10.9 Å². The molecule has 110 valence electrons. The molecular formula is C15H16N2O3S. The van der Waals surface area contributed by atoms with Gasteiger partial charge in [0.25, 0.3) is 0 Å². The van der Waals surface area contributed by atoms with Gasteiger partial charge in [-0.15, -0.1) is 11.8 Å². The van der Waals surface area contributed by atoms with Crippen molar-refractivity contribution in [2.45, 2.75) is 12.7 Å². The number of benzene rings is 1. The first kappa shape index (κ1) is 15.2. The van der Waals surface area contributed by atoms with Gasteiger partial charge in [0.1, 0.15) is 0 Å². The van der Waals surface area contributed by atoms with Crippen LogP contribution in [0.1, 0.15) is 21.7 Å². The molecule has 2 aromatic rings. The number of furan rings is 1. The lowest BCUT2D eigenvalue weighted by molar-refractivity contribution is -0.119. The summed E-state index contributed by atoms with van der Waals surface area (Å²) in [5.74, 6) is 0.451. The first-order valence-electron chi connectivity index (χ1n) is 6.42. The summed E-state index contributed by atoms with van der Waals surface area (Å²) in [4.78, 5) is 23.1. The number of thioether (sulfide) groups is 1. The van der Waals surface area contributed by atoms with E-state index in [1.807, 2.05) is 31.2 Å². The molecule has 5 nitrogen and oxygen atoms in total. The Bertz CT molecular complexity index is 611. The predicted molar refractivity (Wildman–Crippen MR) is 81.7 cm³/mol. The average Bonchev–Trinajstić information content (AvgIpc) is 3.01. The second-order valence-electron chi connectivity index (χ2n) is 4.40. The Balaban J connectivity index is 1.68. The third kappa shape index (κ3) is 4.68. The fourth-order valence-corrected chi connectivity index (χ4v) is 2.56. The second kappa shape index (κ2) is 7.54. The van der Waals surface area contributed by atoms with Crippen molar-refractivity contribution in [3.63, 3.8) is 0 Å². The van der Waals surface area contributed by atoms with Gasteiger partial charge in [-0.1, -0.05) is 24.3 Å². The molecule has 1 aromatic carbocycles. The number of hydrogen-bond donors (Lipinski definition) is 2. The Morgan fingerprint density at radius 1 is 1.14 bits per heavy atom. The monoisotopic (exact) mass is 304 g/mol. The number of hydrazine groups is 1. The van der Waals surface area contributed by atoms with Crippen molar-refractivity contribution in [2.24, 2.45) is 0 Å². The lowest BCUT2D eigenvalue weighted by atomic mass is 10.1. The Morgan fingerprint density at radius 3 is 2.67 bits per heavy atom. The van der Waals surface area contributed by atoms with Crippen LogP contribution in [0.15, 0.2) is 47.1 Å². The molecule has 2 rings (SSSR count). The Labute approximate surface area is 127 Å². The summed E-state index contributed by atoms with van der Waals surface area (Å²) in [6, 6.07) is 11.2. The first-order chi connectivity index (χ1) is 10.2. The SMILES string of the molecule is Cc1ccccc1CSCC(=O)NNC(=O)c1ccco1. The van der Waals surface area contributed by atoms with Gasteiger partial charge in [0.2, 0.25) is 5.91 Å². The molecule has 0 saturated carbocycles. The Hall–Kier alpha value is -2.21. The quantitative estimate of drug-likeness (QED) is 0.831. The largest absolute Gasteiger partial charge is 0.459 e. The molecule has 0 radical (unpaired) electrons. The average molecular weight is 304 g/mol. The summed E-state index contributed by atoms with van der Waals surface area (Å²) in [6.45, 7) is 2.04. The fraction of sp³-hybridized carbons (Fsp3) is 0.200. The maximum atomic E-state index is 11.6. The van der Waals surface area contributed by atoms with Crippen molar-refractivity contribution in [1.82, 2.24) is 10.9 Å². The number of amides is 2. The second-order valence-corrected chi connectivity index (χ2v) is 5.38. The van der Waals surface area contributed by atoms with Crippen LogP contribution < -0.4 is 10.9 Å². The van der Waals surface area contributed by atoms with E-state index < -0.39 is 5.91 Å². The molecule has 1 heterocycles. The highest BCUT2D eigenvalue weighted by Crippen LogP contribution is 2.15. The van der Waals surface area contributed by atoms with Crippen molar-refractivity contribution < 1.29 is 14.0 Å². The lowest BCUT2D eigenvalue weighted by Gasteiger charge is -2.07. The van der Waals surface area contributed by atoms with Gasteiger partial charge in [-0.25, -0.2) is 0 Å². The molecule has 6 heteroatoms. The maximum Gasteiger partial charge on any atom is 0.305 e.